The van der Waals surface area contributed by atoms with Crippen molar-refractivity contribution in [2.75, 3.05) is 0 Å². The second kappa shape index (κ2) is 5.60. The van der Waals surface area contributed by atoms with Gasteiger partial charge >= 0.3 is 0 Å². The average molecular weight is 317 g/mol. The second-order valence-electron chi connectivity index (χ2n) is 5.69. The molecular weight excluding hydrogens is 302 g/mol. The summed E-state index contributed by atoms with van der Waals surface area (Å²) in [6.07, 6.45) is 0.389. The number of rotatable bonds is 3. The number of hydrogen-bond acceptors (Lipinski definition) is 3. The van der Waals surface area contributed by atoms with Crippen molar-refractivity contribution in [3.8, 4) is 0 Å². The number of aryl methyl sites for hydroxylation is 1. The molecule has 112 valence electrons. The third kappa shape index (κ3) is 2.64. The largest absolute Gasteiger partial charge is 0.293 e. The monoisotopic (exact) mass is 317 g/mol. The van der Waals surface area contributed by atoms with Crippen molar-refractivity contribution in [2.45, 2.75) is 13.3 Å². The van der Waals surface area contributed by atoms with Crippen molar-refractivity contribution in [3.63, 3.8) is 0 Å². The standard InChI is InChI=1S/C20H15NOS/c1-13-9-10-14-6-4-7-16(20(14)21-13)11-17(22)19-12-15-5-2-3-8-18(15)23-19/h2-10,12H,11H2,1H3. The number of Topliss-reactive ketones (excluding diaryl/α,β-unsaturated/α-hetero) is 1. The third-order valence-corrected chi connectivity index (χ3v) is 5.15. The van der Waals surface area contributed by atoms with Gasteiger partial charge < -0.3 is 0 Å². The first kappa shape index (κ1) is 14.1. The van der Waals surface area contributed by atoms with Crippen molar-refractivity contribution in [3.05, 3.63) is 76.8 Å². The van der Waals surface area contributed by atoms with Crippen molar-refractivity contribution in [1.82, 2.24) is 4.98 Å². The predicted octanol–water partition coefficient (Wildman–Crippen LogP) is 5.18. The molecule has 2 heterocycles. The fraction of sp³-hybridized carbons (Fsp3) is 0.100. The summed E-state index contributed by atoms with van der Waals surface area (Å²) in [5.74, 6) is 0.155. The van der Waals surface area contributed by atoms with Gasteiger partial charge in [-0.15, -0.1) is 11.3 Å². The van der Waals surface area contributed by atoms with Gasteiger partial charge in [-0.3, -0.25) is 9.78 Å². The fourth-order valence-electron chi connectivity index (χ4n) is 2.83. The molecule has 0 atom stereocenters. The number of fused-ring (bicyclic) bond motifs is 2. The van der Waals surface area contributed by atoms with Gasteiger partial charge in [-0.05, 0) is 36.1 Å². The molecule has 0 bridgehead atoms. The minimum absolute atomic E-state index is 0.155. The molecule has 0 fully saturated rings. The Hall–Kier alpha value is -2.52. The van der Waals surface area contributed by atoms with Crippen LogP contribution in [0.3, 0.4) is 0 Å². The van der Waals surface area contributed by atoms with Gasteiger partial charge in [0.25, 0.3) is 0 Å². The molecule has 0 aliphatic heterocycles. The maximum absolute atomic E-state index is 12.7. The number of benzene rings is 2. The predicted molar refractivity (Wildman–Crippen MR) is 96.3 cm³/mol. The number of carbonyl (C=O) groups is 1. The smallest absolute Gasteiger partial charge is 0.177 e. The molecule has 0 saturated heterocycles. The van der Waals surface area contributed by atoms with E-state index in [1.807, 2.05) is 55.5 Å². The fourth-order valence-corrected chi connectivity index (χ4v) is 3.83. The molecule has 4 aromatic rings. The van der Waals surface area contributed by atoms with Crippen LogP contribution in [0.15, 0.2) is 60.7 Å². The van der Waals surface area contributed by atoms with Crippen LogP contribution in [0.25, 0.3) is 21.0 Å². The van der Waals surface area contributed by atoms with Crippen LogP contribution < -0.4 is 0 Å². The molecule has 23 heavy (non-hydrogen) atoms. The zero-order chi connectivity index (χ0) is 15.8. The maximum atomic E-state index is 12.7. The molecule has 0 spiro atoms. The third-order valence-electron chi connectivity index (χ3n) is 3.99. The van der Waals surface area contributed by atoms with E-state index in [2.05, 4.69) is 17.1 Å². The number of pyridine rings is 1. The first-order chi connectivity index (χ1) is 11.2. The lowest BCUT2D eigenvalue weighted by molar-refractivity contribution is 0.0997. The Bertz CT molecular complexity index is 999. The number of thiophene rings is 1. The summed E-state index contributed by atoms with van der Waals surface area (Å²) < 4.78 is 1.16. The molecule has 2 aromatic carbocycles. The number of carbonyl (C=O) groups excluding carboxylic acids is 1. The molecule has 0 amide bonds. The summed E-state index contributed by atoms with van der Waals surface area (Å²) in [6.45, 7) is 1.98. The molecule has 2 aromatic heterocycles. The highest BCUT2D eigenvalue weighted by Crippen LogP contribution is 2.27. The highest BCUT2D eigenvalue weighted by Gasteiger charge is 2.13. The highest BCUT2D eigenvalue weighted by atomic mass is 32.1. The van der Waals surface area contributed by atoms with Gasteiger partial charge in [0.15, 0.2) is 5.78 Å². The zero-order valence-corrected chi connectivity index (χ0v) is 13.6. The second-order valence-corrected chi connectivity index (χ2v) is 6.77. The van der Waals surface area contributed by atoms with Gasteiger partial charge in [-0.1, -0.05) is 42.5 Å². The van der Waals surface area contributed by atoms with E-state index in [-0.39, 0.29) is 5.78 Å². The van der Waals surface area contributed by atoms with E-state index < -0.39 is 0 Å². The molecule has 0 aliphatic rings. The van der Waals surface area contributed by atoms with Gasteiger partial charge in [-0.25, -0.2) is 0 Å². The Morgan fingerprint density at radius 3 is 2.70 bits per heavy atom. The summed E-state index contributed by atoms with van der Waals surface area (Å²) in [5.41, 5.74) is 2.90. The minimum atomic E-state index is 0.155. The van der Waals surface area contributed by atoms with Crippen LogP contribution in [0.1, 0.15) is 20.9 Å². The summed E-state index contributed by atoms with van der Waals surface area (Å²) >= 11 is 1.56. The normalized spacial score (nSPS) is 11.2. The van der Waals surface area contributed by atoms with Crippen molar-refractivity contribution < 1.29 is 4.79 Å². The Morgan fingerprint density at radius 2 is 1.83 bits per heavy atom. The molecule has 3 heteroatoms. The molecule has 0 saturated carbocycles. The van der Waals surface area contributed by atoms with Gasteiger partial charge in [0.2, 0.25) is 0 Å². The lowest BCUT2D eigenvalue weighted by atomic mass is 10.0. The summed E-state index contributed by atoms with van der Waals surface area (Å²) in [5, 5.41) is 2.21. The van der Waals surface area contributed by atoms with Crippen LogP contribution in [0.5, 0.6) is 0 Å². The summed E-state index contributed by atoms with van der Waals surface area (Å²) in [7, 11) is 0. The number of aromatic nitrogens is 1. The maximum Gasteiger partial charge on any atom is 0.177 e. The van der Waals surface area contributed by atoms with E-state index in [4.69, 9.17) is 0 Å². The van der Waals surface area contributed by atoms with Gasteiger partial charge in [0.05, 0.1) is 10.4 Å². The summed E-state index contributed by atoms with van der Waals surface area (Å²) in [4.78, 5) is 18.1. The van der Waals surface area contributed by atoms with Gasteiger partial charge in [-0.2, -0.15) is 0 Å². The molecular formula is C20H15NOS. The molecule has 0 aliphatic carbocycles. The Labute approximate surface area is 138 Å². The van der Waals surface area contributed by atoms with E-state index in [1.54, 1.807) is 11.3 Å². The lowest BCUT2D eigenvalue weighted by Crippen LogP contribution is -2.02. The molecule has 0 unspecified atom stereocenters. The van der Waals surface area contributed by atoms with Crippen LogP contribution in [0.2, 0.25) is 0 Å². The van der Waals surface area contributed by atoms with Gasteiger partial charge in [0.1, 0.15) is 0 Å². The topological polar surface area (TPSA) is 30.0 Å². The number of hydrogen-bond donors (Lipinski definition) is 0. The quantitative estimate of drug-likeness (QED) is 0.487. The number of para-hydroxylation sites is 1. The van der Waals surface area contributed by atoms with E-state index in [9.17, 15) is 4.79 Å². The van der Waals surface area contributed by atoms with E-state index in [0.29, 0.717) is 6.42 Å². The van der Waals surface area contributed by atoms with Crippen molar-refractivity contribution in [2.24, 2.45) is 0 Å². The summed E-state index contributed by atoms with van der Waals surface area (Å²) in [6, 6.07) is 20.2. The van der Waals surface area contributed by atoms with Crippen LogP contribution in [-0.4, -0.2) is 10.8 Å². The molecule has 0 radical (unpaired) electrons. The van der Waals surface area contributed by atoms with Crippen LogP contribution in [0.4, 0.5) is 0 Å². The zero-order valence-electron chi connectivity index (χ0n) is 12.7. The van der Waals surface area contributed by atoms with E-state index >= 15 is 0 Å². The van der Waals surface area contributed by atoms with Crippen LogP contribution in [-0.2, 0) is 6.42 Å². The first-order valence-electron chi connectivity index (χ1n) is 7.58. The average Bonchev–Trinajstić information content (AvgIpc) is 2.99. The number of ketones is 1. The lowest BCUT2D eigenvalue weighted by Gasteiger charge is -2.05. The number of nitrogens with zero attached hydrogens (tertiary/aromatic N) is 1. The molecule has 4 rings (SSSR count). The van der Waals surface area contributed by atoms with Crippen LogP contribution in [0, 0.1) is 6.92 Å². The van der Waals surface area contributed by atoms with Gasteiger partial charge in [0, 0.05) is 22.2 Å². The van der Waals surface area contributed by atoms with E-state index in [0.717, 1.165) is 37.1 Å². The first-order valence-corrected chi connectivity index (χ1v) is 8.39. The van der Waals surface area contributed by atoms with Crippen LogP contribution >= 0.6 is 11.3 Å². The Kier molecular flexibility index (Phi) is 3.43. The van der Waals surface area contributed by atoms with E-state index in [1.165, 1.54) is 0 Å². The Balaban J connectivity index is 1.72. The highest BCUT2D eigenvalue weighted by molar-refractivity contribution is 7.20. The molecule has 0 N–H and O–H groups in total. The SMILES string of the molecule is Cc1ccc2cccc(CC(=O)c3cc4ccccc4s3)c2n1. The van der Waals surface area contributed by atoms with Crippen molar-refractivity contribution >= 4 is 38.1 Å². The molecule has 2 nitrogen and oxygen atoms in total. The Morgan fingerprint density at radius 1 is 1.00 bits per heavy atom. The van der Waals surface area contributed by atoms with Crippen molar-refractivity contribution in [1.29, 1.82) is 0 Å². The minimum Gasteiger partial charge on any atom is -0.293 e.